The number of hydrogen-bond acceptors (Lipinski definition) is 2. The molecular weight excluding hydrogens is 176 g/mol. The minimum absolute atomic E-state index is 0.177. The van der Waals surface area contributed by atoms with Crippen molar-refractivity contribution < 1.29 is 4.79 Å². The predicted octanol–water partition coefficient (Wildman–Crippen LogP) is 0.997. The van der Waals surface area contributed by atoms with Gasteiger partial charge in [0.25, 0.3) is 0 Å². The van der Waals surface area contributed by atoms with Crippen molar-refractivity contribution in [2.24, 2.45) is 5.92 Å². The Morgan fingerprint density at radius 3 is 2.64 bits per heavy atom. The Kier molecular flexibility index (Phi) is 3.06. The van der Waals surface area contributed by atoms with E-state index in [-0.39, 0.29) is 11.9 Å². The Hall–Kier alpha value is -0.570. The molecule has 0 spiro atoms. The highest BCUT2D eigenvalue weighted by atomic mass is 16.2. The zero-order valence-corrected chi connectivity index (χ0v) is 8.96. The van der Waals surface area contributed by atoms with Gasteiger partial charge in [-0.25, -0.2) is 0 Å². The molecule has 1 atom stereocenters. The van der Waals surface area contributed by atoms with E-state index in [9.17, 15) is 4.79 Å². The monoisotopic (exact) mass is 196 g/mol. The van der Waals surface area contributed by atoms with Gasteiger partial charge in [-0.15, -0.1) is 0 Å². The lowest BCUT2D eigenvalue weighted by Gasteiger charge is -2.37. The van der Waals surface area contributed by atoms with E-state index in [0.717, 1.165) is 38.4 Å². The maximum atomic E-state index is 11.6. The maximum absolute atomic E-state index is 11.6. The standard InChI is InChI=1S/C11H20N2O/c1-9-4-7-13(8-5-9)10-3-2-6-12-11(10)14/h9-10H,2-8H2,1H3,(H,12,14). The minimum Gasteiger partial charge on any atom is -0.355 e. The zero-order valence-electron chi connectivity index (χ0n) is 8.96. The average Bonchev–Trinajstić information content (AvgIpc) is 2.20. The van der Waals surface area contributed by atoms with Gasteiger partial charge in [-0.1, -0.05) is 6.92 Å². The number of nitrogens with zero attached hydrogens (tertiary/aromatic N) is 1. The van der Waals surface area contributed by atoms with Gasteiger partial charge in [0, 0.05) is 6.54 Å². The summed E-state index contributed by atoms with van der Waals surface area (Å²) in [6.45, 7) is 5.40. The molecule has 2 aliphatic rings. The van der Waals surface area contributed by atoms with Crippen LogP contribution in [0, 0.1) is 5.92 Å². The van der Waals surface area contributed by atoms with Crippen LogP contribution in [0.1, 0.15) is 32.6 Å². The van der Waals surface area contributed by atoms with E-state index in [0.29, 0.717) is 0 Å². The van der Waals surface area contributed by atoms with E-state index < -0.39 is 0 Å². The Labute approximate surface area is 85.8 Å². The molecule has 2 rings (SSSR count). The van der Waals surface area contributed by atoms with Gasteiger partial charge >= 0.3 is 0 Å². The van der Waals surface area contributed by atoms with Crippen LogP contribution in [0.3, 0.4) is 0 Å². The summed E-state index contributed by atoms with van der Waals surface area (Å²) >= 11 is 0. The molecule has 0 aromatic heterocycles. The molecule has 0 radical (unpaired) electrons. The molecule has 1 unspecified atom stereocenters. The van der Waals surface area contributed by atoms with Crippen LogP contribution in [-0.4, -0.2) is 36.5 Å². The molecule has 0 aromatic carbocycles. The van der Waals surface area contributed by atoms with Crippen molar-refractivity contribution in [2.75, 3.05) is 19.6 Å². The largest absolute Gasteiger partial charge is 0.355 e. The van der Waals surface area contributed by atoms with Crippen LogP contribution in [0.5, 0.6) is 0 Å². The smallest absolute Gasteiger partial charge is 0.237 e. The lowest BCUT2D eigenvalue weighted by Crippen LogP contribution is -2.52. The predicted molar refractivity (Wildman–Crippen MR) is 56.0 cm³/mol. The van der Waals surface area contributed by atoms with Crippen molar-refractivity contribution >= 4 is 5.91 Å². The quantitative estimate of drug-likeness (QED) is 0.678. The third-order valence-electron chi connectivity index (χ3n) is 3.52. The summed E-state index contributed by atoms with van der Waals surface area (Å²) in [5.74, 6) is 1.10. The number of piperidine rings is 2. The number of amides is 1. The molecule has 0 saturated carbocycles. The first-order valence-corrected chi connectivity index (χ1v) is 5.79. The Morgan fingerprint density at radius 1 is 1.29 bits per heavy atom. The first kappa shape index (κ1) is 9.97. The van der Waals surface area contributed by atoms with Gasteiger partial charge in [-0.3, -0.25) is 9.69 Å². The fourth-order valence-electron chi connectivity index (χ4n) is 2.44. The van der Waals surface area contributed by atoms with Gasteiger partial charge < -0.3 is 5.32 Å². The summed E-state index contributed by atoms with van der Waals surface area (Å²) in [4.78, 5) is 14.0. The normalized spacial score (nSPS) is 31.5. The van der Waals surface area contributed by atoms with Gasteiger partial charge in [-0.2, -0.15) is 0 Å². The Bertz CT molecular complexity index is 209. The van der Waals surface area contributed by atoms with Crippen LogP contribution in [-0.2, 0) is 4.79 Å². The SMILES string of the molecule is CC1CCN(C2CCCNC2=O)CC1. The molecule has 2 heterocycles. The molecule has 80 valence electrons. The van der Waals surface area contributed by atoms with Crippen molar-refractivity contribution in [2.45, 2.75) is 38.6 Å². The van der Waals surface area contributed by atoms with Crippen LogP contribution in [0.25, 0.3) is 0 Å². The average molecular weight is 196 g/mol. The summed E-state index contributed by atoms with van der Waals surface area (Å²) in [6.07, 6.45) is 4.70. The van der Waals surface area contributed by atoms with Crippen molar-refractivity contribution in [1.29, 1.82) is 0 Å². The van der Waals surface area contributed by atoms with E-state index in [2.05, 4.69) is 17.1 Å². The van der Waals surface area contributed by atoms with E-state index in [1.54, 1.807) is 0 Å². The number of nitrogens with one attached hydrogen (secondary N) is 1. The van der Waals surface area contributed by atoms with E-state index >= 15 is 0 Å². The molecule has 14 heavy (non-hydrogen) atoms. The van der Waals surface area contributed by atoms with Crippen LogP contribution < -0.4 is 5.32 Å². The van der Waals surface area contributed by atoms with Crippen LogP contribution in [0.4, 0.5) is 0 Å². The van der Waals surface area contributed by atoms with Crippen molar-refractivity contribution in [1.82, 2.24) is 10.2 Å². The van der Waals surface area contributed by atoms with Crippen LogP contribution in [0.2, 0.25) is 0 Å². The van der Waals surface area contributed by atoms with Crippen LogP contribution >= 0.6 is 0 Å². The zero-order chi connectivity index (χ0) is 9.97. The van der Waals surface area contributed by atoms with Gasteiger partial charge in [0.15, 0.2) is 0 Å². The lowest BCUT2D eigenvalue weighted by atomic mass is 9.95. The fraction of sp³-hybridized carbons (Fsp3) is 0.909. The van der Waals surface area contributed by atoms with Crippen molar-refractivity contribution in [3.63, 3.8) is 0 Å². The van der Waals surface area contributed by atoms with Crippen molar-refractivity contribution in [3.8, 4) is 0 Å². The topological polar surface area (TPSA) is 32.3 Å². The van der Waals surface area contributed by atoms with E-state index in [4.69, 9.17) is 0 Å². The summed E-state index contributed by atoms with van der Waals surface area (Å²) in [5.41, 5.74) is 0. The number of rotatable bonds is 1. The number of likely N-dealkylation sites (tertiary alicyclic amines) is 1. The third-order valence-corrected chi connectivity index (χ3v) is 3.52. The Morgan fingerprint density at radius 2 is 2.00 bits per heavy atom. The second-order valence-electron chi connectivity index (χ2n) is 4.67. The first-order chi connectivity index (χ1) is 6.77. The second kappa shape index (κ2) is 4.30. The first-order valence-electron chi connectivity index (χ1n) is 5.79. The molecular formula is C11H20N2O. The highest BCUT2D eigenvalue weighted by molar-refractivity contribution is 5.82. The summed E-state index contributed by atoms with van der Waals surface area (Å²) in [6, 6.07) is 0.177. The molecule has 3 heteroatoms. The molecule has 2 fully saturated rings. The molecule has 2 aliphatic heterocycles. The van der Waals surface area contributed by atoms with Gasteiger partial charge in [0.05, 0.1) is 6.04 Å². The van der Waals surface area contributed by atoms with Gasteiger partial charge in [0.2, 0.25) is 5.91 Å². The number of hydrogen-bond donors (Lipinski definition) is 1. The van der Waals surface area contributed by atoms with Gasteiger partial charge in [0.1, 0.15) is 0 Å². The highest BCUT2D eigenvalue weighted by Gasteiger charge is 2.30. The molecule has 3 nitrogen and oxygen atoms in total. The van der Waals surface area contributed by atoms with E-state index in [1.807, 2.05) is 0 Å². The fourth-order valence-corrected chi connectivity index (χ4v) is 2.44. The van der Waals surface area contributed by atoms with Crippen LogP contribution in [0.15, 0.2) is 0 Å². The van der Waals surface area contributed by atoms with E-state index in [1.165, 1.54) is 12.8 Å². The minimum atomic E-state index is 0.177. The highest BCUT2D eigenvalue weighted by Crippen LogP contribution is 2.21. The summed E-state index contributed by atoms with van der Waals surface area (Å²) < 4.78 is 0. The van der Waals surface area contributed by atoms with Crippen molar-refractivity contribution in [3.05, 3.63) is 0 Å². The maximum Gasteiger partial charge on any atom is 0.237 e. The Balaban J connectivity index is 1.90. The lowest BCUT2D eigenvalue weighted by molar-refractivity contribution is -0.128. The van der Waals surface area contributed by atoms with Gasteiger partial charge in [-0.05, 0) is 44.7 Å². The second-order valence-corrected chi connectivity index (χ2v) is 4.67. The third kappa shape index (κ3) is 2.08. The molecule has 0 aliphatic carbocycles. The number of carbonyl (C=O) groups excluding carboxylic acids is 1. The molecule has 0 bridgehead atoms. The summed E-state index contributed by atoms with van der Waals surface area (Å²) in [5, 5.41) is 2.96. The number of carbonyl (C=O) groups is 1. The molecule has 0 aromatic rings. The molecule has 1 N–H and O–H groups in total. The summed E-state index contributed by atoms with van der Waals surface area (Å²) in [7, 11) is 0. The molecule has 2 saturated heterocycles. The molecule has 1 amide bonds.